The lowest BCUT2D eigenvalue weighted by molar-refractivity contribution is 0.110. The molecule has 0 radical (unpaired) electrons. The molecule has 0 saturated carbocycles. The summed E-state index contributed by atoms with van der Waals surface area (Å²) in [5.41, 5.74) is 0.994. The van der Waals surface area contributed by atoms with Gasteiger partial charge in [0, 0.05) is 31.5 Å². The molecule has 2 rings (SSSR count). The van der Waals surface area contributed by atoms with Gasteiger partial charge in [-0.25, -0.2) is 4.98 Å². The lowest BCUT2D eigenvalue weighted by Crippen LogP contribution is -2.45. The van der Waals surface area contributed by atoms with Gasteiger partial charge in [0.05, 0.1) is 11.9 Å². The molecule has 1 fully saturated rings. The SMILES string of the molecule is CN1CCN(C)C(c2ncc(CCl)[nH]2)C1. The number of piperazine rings is 1. The summed E-state index contributed by atoms with van der Waals surface area (Å²) in [6.07, 6.45) is 1.82. The number of nitrogens with zero attached hydrogens (tertiary/aromatic N) is 3. The van der Waals surface area contributed by atoms with Crippen molar-refractivity contribution in [2.75, 3.05) is 33.7 Å². The van der Waals surface area contributed by atoms with Crippen molar-refractivity contribution in [3.05, 3.63) is 17.7 Å². The fraction of sp³-hybridized carbons (Fsp3) is 0.700. The van der Waals surface area contributed by atoms with E-state index in [9.17, 15) is 0 Å². The monoisotopic (exact) mass is 228 g/mol. The number of H-pyrrole nitrogens is 1. The summed E-state index contributed by atoms with van der Waals surface area (Å²) < 4.78 is 0. The minimum Gasteiger partial charge on any atom is -0.344 e. The third kappa shape index (κ3) is 2.33. The quantitative estimate of drug-likeness (QED) is 0.770. The fourth-order valence-corrected chi connectivity index (χ4v) is 2.05. The van der Waals surface area contributed by atoms with Crippen molar-refractivity contribution >= 4 is 11.6 Å². The van der Waals surface area contributed by atoms with E-state index in [2.05, 4.69) is 33.9 Å². The van der Waals surface area contributed by atoms with Crippen molar-refractivity contribution in [1.82, 2.24) is 19.8 Å². The molecule has 1 aromatic heterocycles. The van der Waals surface area contributed by atoms with E-state index in [-0.39, 0.29) is 0 Å². The Morgan fingerprint density at radius 1 is 1.53 bits per heavy atom. The van der Waals surface area contributed by atoms with Crippen LogP contribution >= 0.6 is 11.6 Å². The Bertz CT molecular complexity index is 325. The highest BCUT2D eigenvalue weighted by molar-refractivity contribution is 6.16. The average Bonchev–Trinajstić information content (AvgIpc) is 2.70. The molecule has 0 spiro atoms. The first-order valence-corrected chi connectivity index (χ1v) is 5.72. The number of aromatic nitrogens is 2. The van der Waals surface area contributed by atoms with Gasteiger partial charge in [-0.05, 0) is 14.1 Å². The van der Waals surface area contributed by atoms with Crippen molar-refractivity contribution in [3.63, 3.8) is 0 Å². The average molecular weight is 229 g/mol. The highest BCUT2D eigenvalue weighted by Gasteiger charge is 2.25. The van der Waals surface area contributed by atoms with Gasteiger partial charge in [-0.2, -0.15) is 0 Å². The Hall–Kier alpha value is -0.580. The maximum atomic E-state index is 5.75. The molecule has 5 heteroatoms. The van der Waals surface area contributed by atoms with E-state index in [1.54, 1.807) is 0 Å². The molecule has 1 N–H and O–H groups in total. The molecule has 1 unspecified atom stereocenters. The number of likely N-dealkylation sites (N-methyl/N-ethyl adjacent to an activating group) is 2. The van der Waals surface area contributed by atoms with Crippen LogP contribution in [0.1, 0.15) is 17.6 Å². The standard InChI is InChI=1S/C10H17ClN4/c1-14-3-4-15(2)9(7-14)10-12-6-8(5-11)13-10/h6,9H,3-5,7H2,1-2H3,(H,12,13). The van der Waals surface area contributed by atoms with Crippen molar-refractivity contribution in [1.29, 1.82) is 0 Å². The molecule has 1 saturated heterocycles. The van der Waals surface area contributed by atoms with Crippen LogP contribution in [0.15, 0.2) is 6.20 Å². The first kappa shape index (κ1) is 10.9. The summed E-state index contributed by atoms with van der Waals surface area (Å²) in [6, 6.07) is 0.362. The zero-order chi connectivity index (χ0) is 10.8. The summed E-state index contributed by atoms with van der Waals surface area (Å²) in [4.78, 5) is 12.3. The molecule has 2 heterocycles. The van der Waals surface area contributed by atoms with Crippen LogP contribution in [0.25, 0.3) is 0 Å². The van der Waals surface area contributed by atoms with Crippen LogP contribution in [0.5, 0.6) is 0 Å². The van der Waals surface area contributed by atoms with E-state index in [1.807, 2.05) is 6.20 Å². The first-order valence-electron chi connectivity index (χ1n) is 5.19. The number of rotatable bonds is 2. The zero-order valence-corrected chi connectivity index (χ0v) is 9.96. The van der Waals surface area contributed by atoms with Crippen molar-refractivity contribution in [2.24, 2.45) is 0 Å². The van der Waals surface area contributed by atoms with Crippen LogP contribution in [0.4, 0.5) is 0 Å². The van der Waals surface area contributed by atoms with Gasteiger partial charge in [0.25, 0.3) is 0 Å². The number of alkyl halides is 1. The third-order valence-corrected chi connectivity index (χ3v) is 3.25. The molecule has 1 atom stereocenters. The lowest BCUT2D eigenvalue weighted by Gasteiger charge is -2.36. The highest BCUT2D eigenvalue weighted by atomic mass is 35.5. The van der Waals surface area contributed by atoms with Gasteiger partial charge < -0.3 is 9.88 Å². The number of hydrogen-bond donors (Lipinski definition) is 1. The molecule has 1 aliphatic rings. The summed E-state index contributed by atoms with van der Waals surface area (Å²) in [5, 5.41) is 0. The van der Waals surface area contributed by atoms with Crippen LogP contribution < -0.4 is 0 Å². The minimum atomic E-state index is 0.362. The maximum absolute atomic E-state index is 5.75. The Balaban J connectivity index is 2.13. The Morgan fingerprint density at radius 2 is 2.33 bits per heavy atom. The smallest absolute Gasteiger partial charge is 0.125 e. The van der Waals surface area contributed by atoms with Crippen LogP contribution in [0, 0.1) is 0 Å². The molecule has 1 aromatic rings. The molecular weight excluding hydrogens is 212 g/mol. The van der Waals surface area contributed by atoms with Gasteiger partial charge in [0.1, 0.15) is 5.82 Å². The van der Waals surface area contributed by atoms with Crippen molar-refractivity contribution in [3.8, 4) is 0 Å². The fourth-order valence-electron chi connectivity index (χ4n) is 1.92. The second kappa shape index (κ2) is 4.51. The van der Waals surface area contributed by atoms with Crippen molar-refractivity contribution < 1.29 is 0 Å². The summed E-state index contributed by atoms with van der Waals surface area (Å²) in [5.74, 6) is 1.53. The van der Waals surface area contributed by atoms with E-state index in [4.69, 9.17) is 11.6 Å². The molecule has 1 aliphatic heterocycles. The first-order chi connectivity index (χ1) is 7.20. The number of nitrogens with one attached hydrogen (secondary N) is 1. The van der Waals surface area contributed by atoms with E-state index in [1.165, 1.54) is 0 Å². The van der Waals surface area contributed by atoms with E-state index in [0.29, 0.717) is 11.9 Å². The van der Waals surface area contributed by atoms with Crippen LogP contribution in [-0.2, 0) is 5.88 Å². The number of halogens is 1. The summed E-state index contributed by atoms with van der Waals surface area (Å²) in [7, 11) is 4.28. The maximum Gasteiger partial charge on any atom is 0.125 e. The van der Waals surface area contributed by atoms with Crippen LogP contribution in [0.2, 0.25) is 0 Å². The van der Waals surface area contributed by atoms with Crippen molar-refractivity contribution in [2.45, 2.75) is 11.9 Å². The Labute approximate surface area is 95.2 Å². The molecule has 84 valence electrons. The van der Waals surface area contributed by atoms with Gasteiger partial charge in [-0.3, -0.25) is 4.90 Å². The molecule has 4 nitrogen and oxygen atoms in total. The third-order valence-electron chi connectivity index (χ3n) is 2.96. The van der Waals surface area contributed by atoms with Gasteiger partial charge >= 0.3 is 0 Å². The molecule has 15 heavy (non-hydrogen) atoms. The van der Waals surface area contributed by atoms with Gasteiger partial charge in [-0.1, -0.05) is 0 Å². The molecule has 0 aliphatic carbocycles. The molecule has 0 aromatic carbocycles. The Morgan fingerprint density at radius 3 is 3.00 bits per heavy atom. The van der Waals surface area contributed by atoms with Crippen LogP contribution in [-0.4, -0.2) is 53.5 Å². The number of hydrogen-bond acceptors (Lipinski definition) is 3. The number of imidazole rings is 1. The van der Waals surface area contributed by atoms with E-state index >= 15 is 0 Å². The molecule has 0 amide bonds. The largest absolute Gasteiger partial charge is 0.344 e. The predicted molar refractivity (Wildman–Crippen MR) is 61.0 cm³/mol. The molecule has 0 bridgehead atoms. The van der Waals surface area contributed by atoms with E-state index in [0.717, 1.165) is 31.2 Å². The zero-order valence-electron chi connectivity index (χ0n) is 9.20. The number of aromatic amines is 1. The predicted octanol–water partition coefficient (Wildman–Crippen LogP) is 1.07. The minimum absolute atomic E-state index is 0.362. The van der Waals surface area contributed by atoms with Crippen LogP contribution in [0.3, 0.4) is 0 Å². The summed E-state index contributed by atoms with van der Waals surface area (Å²) >= 11 is 5.75. The molecular formula is C10H17ClN4. The highest BCUT2D eigenvalue weighted by Crippen LogP contribution is 2.20. The normalized spacial score (nSPS) is 24.6. The van der Waals surface area contributed by atoms with Gasteiger partial charge in [0.2, 0.25) is 0 Å². The van der Waals surface area contributed by atoms with E-state index < -0.39 is 0 Å². The lowest BCUT2D eigenvalue weighted by atomic mass is 10.2. The summed E-state index contributed by atoms with van der Waals surface area (Å²) in [6.45, 7) is 3.22. The van der Waals surface area contributed by atoms with Gasteiger partial charge in [-0.15, -0.1) is 11.6 Å². The van der Waals surface area contributed by atoms with Gasteiger partial charge in [0.15, 0.2) is 0 Å². The second-order valence-corrected chi connectivity index (χ2v) is 4.45. The Kier molecular flexibility index (Phi) is 3.29. The topological polar surface area (TPSA) is 35.2 Å². The second-order valence-electron chi connectivity index (χ2n) is 4.19.